The van der Waals surface area contributed by atoms with Gasteiger partial charge in [0.05, 0.1) is 30.0 Å². The maximum absolute atomic E-state index is 6.31. The van der Waals surface area contributed by atoms with Gasteiger partial charge in [0.2, 0.25) is 0 Å². The van der Waals surface area contributed by atoms with Crippen LogP contribution in [-0.4, -0.2) is 36.6 Å². The first-order valence-corrected chi connectivity index (χ1v) is 46.8. The number of unbranched alkanes of at least 4 members (excludes halogenated alkanes) is 12. The van der Waals surface area contributed by atoms with E-state index >= 15 is 0 Å². The van der Waals surface area contributed by atoms with Crippen LogP contribution in [0.2, 0.25) is 0 Å². The molecule has 0 aliphatic carbocycles. The Kier molecular flexibility index (Phi) is 31.1. The minimum absolute atomic E-state index is 0.375. The van der Waals surface area contributed by atoms with E-state index < -0.39 is 14.2 Å². The molecular formula is C100H116B2Br2N2O4S4. The molecule has 6 nitrogen and oxygen atoms in total. The summed E-state index contributed by atoms with van der Waals surface area (Å²) in [6, 6.07) is 88.8. The van der Waals surface area contributed by atoms with Crippen molar-refractivity contribution in [3.63, 3.8) is 0 Å². The molecule has 0 atom stereocenters. The second-order valence-electron chi connectivity index (χ2n) is 32.6. The number of hydrogen-bond donors (Lipinski definition) is 0. The summed E-state index contributed by atoms with van der Waals surface area (Å²) < 4.78 is 27.7. The van der Waals surface area contributed by atoms with Crippen LogP contribution in [-0.2, 0) is 44.3 Å². The molecule has 594 valence electrons. The molecule has 2 aliphatic heterocycles. The third-order valence-corrected chi connectivity index (χ3v) is 28.9. The largest absolute Gasteiger partial charge is 0.494 e. The van der Waals surface area contributed by atoms with Crippen LogP contribution in [0.5, 0.6) is 0 Å². The van der Waals surface area contributed by atoms with Gasteiger partial charge in [-0.15, -0.1) is 45.3 Å². The summed E-state index contributed by atoms with van der Waals surface area (Å²) in [4.78, 5) is 13.0. The van der Waals surface area contributed by atoms with Gasteiger partial charge in [0.25, 0.3) is 0 Å². The van der Waals surface area contributed by atoms with E-state index in [1.54, 1.807) is 0 Å². The average Bonchev–Trinajstić information content (AvgIpc) is 1.58. The molecule has 0 radical (unpaired) electrons. The minimum atomic E-state index is -0.390. The van der Waals surface area contributed by atoms with Crippen molar-refractivity contribution < 1.29 is 18.6 Å². The Bertz CT molecular complexity index is 4790. The molecule has 14 rings (SSSR count). The number of benzene rings is 8. The molecule has 114 heavy (non-hydrogen) atoms. The van der Waals surface area contributed by atoms with Crippen LogP contribution in [0, 0.1) is 0 Å². The number of rotatable bonds is 33. The molecule has 2 fully saturated rings. The SMILES string of the molecule is CCCCCCc1cc(Br)sc1-c1ccc(Br)s1.CCCCCCc1ccc(N(c2ccc(-c3ccccc3)cc2)c2ccc(-c3cc(CCCCCC)c(-c4ccc(-c5ccccc5)s4)s3)cc2)cc1.CCCCCCc1ccc(N(c2ccc(B3OC(C)(C)C(C)(C)O3)cc2)c2ccc(B3OC(C)(C)C(C)(C)O3)cc2)cc1. The van der Waals surface area contributed by atoms with E-state index in [4.69, 9.17) is 18.6 Å². The van der Waals surface area contributed by atoms with Crippen LogP contribution in [0.4, 0.5) is 34.1 Å². The average molecular weight is 1720 g/mol. The van der Waals surface area contributed by atoms with Crippen LogP contribution in [0.25, 0.3) is 51.5 Å². The van der Waals surface area contributed by atoms with Gasteiger partial charge in [-0.2, -0.15) is 0 Å². The van der Waals surface area contributed by atoms with E-state index in [1.165, 1.54) is 202 Å². The molecule has 0 bridgehead atoms. The molecule has 0 saturated carbocycles. The maximum Gasteiger partial charge on any atom is 0.494 e. The van der Waals surface area contributed by atoms with Crippen LogP contribution in [0.3, 0.4) is 0 Å². The molecule has 0 unspecified atom stereocenters. The zero-order valence-corrected chi connectivity index (χ0v) is 75.7. The highest BCUT2D eigenvalue weighted by molar-refractivity contribution is 9.11. The fourth-order valence-electron chi connectivity index (χ4n) is 14.7. The van der Waals surface area contributed by atoms with Gasteiger partial charge < -0.3 is 28.4 Å². The molecular weight excluding hydrogens is 1600 g/mol. The van der Waals surface area contributed by atoms with Gasteiger partial charge in [0.15, 0.2) is 0 Å². The van der Waals surface area contributed by atoms with Crippen LogP contribution in [0.15, 0.2) is 250 Å². The smallest absolute Gasteiger partial charge is 0.399 e. The van der Waals surface area contributed by atoms with Gasteiger partial charge in [0.1, 0.15) is 0 Å². The van der Waals surface area contributed by atoms with E-state index in [2.05, 4.69) is 367 Å². The number of anilines is 6. The van der Waals surface area contributed by atoms with E-state index in [1.807, 2.05) is 45.3 Å². The van der Waals surface area contributed by atoms with E-state index in [0.717, 1.165) is 52.9 Å². The van der Waals surface area contributed by atoms with E-state index in [-0.39, 0.29) is 22.4 Å². The molecule has 4 aromatic heterocycles. The summed E-state index contributed by atoms with van der Waals surface area (Å²) in [5, 5.41) is 0. The first-order chi connectivity index (χ1) is 55.1. The number of nitrogens with zero attached hydrogens (tertiary/aromatic N) is 2. The van der Waals surface area contributed by atoms with Crippen molar-refractivity contribution in [3.8, 4) is 51.5 Å². The van der Waals surface area contributed by atoms with Crippen molar-refractivity contribution in [1.29, 1.82) is 0 Å². The van der Waals surface area contributed by atoms with E-state index in [0.29, 0.717) is 0 Å². The Labute approximate surface area is 716 Å². The fourth-order valence-corrected chi connectivity index (χ4v) is 20.3. The van der Waals surface area contributed by atoms with Crippen LogP contribution < -0.4 is 20.7 Å². The first kappa shape index (κ1) is 86.4. The summed E-state index contributed by atoms with van der Waals surface area (Å²) in [6.07, 6.45) is 25.2. The van der Waals surface area contributed by atoms with Crippen molar-refractivity contribution in [2.75, 3.05) is 9.80 Å². The molecule has 2 aliphatic rings. The highest BCUT2D eigenvalue weighted by atomic mass is 79.9. The summed E-state index contributed by atoms with van der Waals surface area (Å²) in [5.74, 6) is 0. The predicted octanol–water partition coefficient (Wildman–Crippen LogP) is 31.2. The summed E-state index contributed by atoms with van der Waals surface area (Å²) in [7, 11) is -0.780. The Hall–Kier alpha value is -6.91. The molecule has 6 heterocycles. The van der Waals surface area contributed by atoms with Crippen LogP contribution >= 0.6 is 77.2 Å². The van der Waals surface area contributed by atoms with Crippen molar-refractivity contribution in [1.82, 2.24) is 0 Å². The van der Waals surface area contributed by atoms with Gasteiger partial charge in [-0.3, -0.25) is 0 Å². The fraction of sp³-hybridized carbons (Fsp3) is 0.360. The summed E-state index contributed by atoms with van der Waals surface area (Å²) in [6.45, 7) is 25.8. The molecule has 0 N–H and O–H groups in total. The Morgan fingerprint density at radius 2 is 0.605 bits per heavy atom. The third kappa shape index (κ3) is 22.5. The third-order valence-electron chi connectivity index (χ3n) is 22.9. The Morgan fingerprint density at radius 3 is 1.01 bits per heavy atom. The second kappa shape index (κ2) is 41.0. The molecule has 2 saturated heterocycles. The van der Waals surface area contributed by atoms with Crippen molar-refractivity contribution in [2.24, 2.45) is 0 Å². The lowest BCUT2D eigenvalue weighted by atomic mass is 9.79. The van der Waals surface area contributed by atoms with Gasteiger partial charge in [0, 0.05) is 63.4 Å². The Balaban J connectivity index is 0.000000176. The normalized spacial score (nSPS) is 14.5. The zero-order valence-electron chi connectivity index (χ0n) is 69.3. The summed E-state index contributed by atoms with van der Waals surface area (Å²) in [5.41, 5.74) is 18.1. The van der Waals surface area contributed by atoms with Crippen molar-refractivity contribution in [3.05, 3.63) is 272 Å². The molecule has 8 aromatic carbocycles. The first-order valence-electron chi connectivity index (χ1n) is 41.9. The van der Waals surface area contributed by atoms with Crippen molar-refractivity contribution in [2.45, 2.75) is 234 Å². The lowest BCUT2D eigenvalue weighted by molar-refractivity contribution is 0.00578. The highest BCUT2D eigenvalue weighted by Gasteiger charge is 2.53. The summed E-state index contributed by atoms with van der Waals surface area (Å²) >= 11 is 14.7. The minimum Gasteiger partial charge on any atom is -0.399 e. The zero-order chi connectivity index (χ0) is 80.2. The molecule has 12 aromatic rings. The second-order valence-corrected chi connectivity index (χ2v) is 39.6. The molecule has 14 heteroatoms. The lowest BCUT2D eigenvalue weighted by Crippen LogP contribution is -2.41. The van der Waals surface area contributed by atoms with Gasteiger partial charge in [-0.05, 0) is 303 Å². The van der Waals surface area contributed by atoms with Crippen LogP contribution in [0.1, 0.15) is 208 Å². The number of thiophene rings is 4. The number of halogens is 2. The molecule has 0 spiro atoms. The quantitative estimate of drug-likeness (QED) is 0.0302. The predicted molar refractivity (Wildman–Crippen MR) is 506 cm³/mol. The lowest BCUT2D eigenvalue weighted by Gasteiger charge is -2.32. The van der Waals surface area contributed by atoms with Crippen molar-refractivity contribution >= 4 is 136 Å². The Morgan fingerprint density at radius 1 is 0.281 bits per heavy atom. The van der Waals surface area contributed by atoms with E-state index in [9.17, 15) is 0 Å². The van der Waals surface area contributed by atoms with Gasteiger partial charge >= 0.3 is 14.2 Å². The standard InChI is InChI=1S/C50H51NS2.C36H49B2NO4.C14H16Br2S2/c1-3-5-7-11-17-38-23-29-44(30-24-38)51(45-31-25-40(26-32-45)39-18-13-9-14-19-39)46-33-27-42(28-34-46)49-37-43(22-12-8-6-4-2)50(53-49)48-36-35-47(52-48)41-20-15-10-16-21-41;1-10-11-12-13-14-27-15-21-30(22-16-27)39(31-23-17-28(18-24-31)37-40-33(2,3)34(4,5)41-37)32-25-19-29(20-26-32)38-42-35(6,7)36(8,9)43-38;1-2-3-4-5-6-10-9-13(16)18-14(10)11-7-8-12(15)17-11/h9-10,13-16,18-21,23-37H,3-8,11-12,17,22H2,1-2H3;15-26H,10-14H2,1-9H3;7-9H,2-6H2,1H3. The van der Waals surface area contributed by atoms with Gasteiger partial charge in [-0.1, -0.05) is 238 Å². The maximum atomic E-state index is 6.31. The topological polar surface area (TPSA) is 43.4 Å². The molecule has 0 amide bonds. The monoisotopic (exact) mass is 1720 g/mol. The van der Waals surface area contributed by atoms with Gasteiger partial charge in [-0.25, -0.2) is 0 Å². The number of aryl methyl sites for hydroxylation is 4. The number of hydrogen-bond acceptors (Lipinski definition) is 10. The highest BCUT2D eigenvalue weighted by Crippen LogP contribution is 2.47.